The van der Waals surface area contributed by atoms with Gasteiger partial charge < -0.3 is 50.8 Å². The zero-order valence-corrected chi connectivity index (χ0v) is 52.4. The van der Waals surface area contributed by atoms with Gasteiger partial charge in [0.25, 0.3) is 11.1 Å². The third-order valence-electron chi connectivity index (χ3n) is 16.0. The predicted molar refractivity (Wildman–Crippen MR) is 351 cm³/mol. The lowest BCUT2D eigenvalue weighted by Gasteiger charge is -2.33. The van der Waals surface area contributed by atoms with Crippen molar-refractivity contribution in [2.24, 2.45) is 0 Å². The number of rotatable bonds is 24. The summed E-state index contributed by atoms with van der Waals surface area (Å²) in [6.45, 7) is 2.69. The number of aromatic amines is 2. The molecule has 0 saturated carbocycles. The number of aromatic nitrogens is 2. The standard InChI is InChI=1S/C35H41ClF3N5O3.C32H33Cl2F3N4O2/c1-46-17-13-40-27-9-5-24(6-10-27)33(23-3-7-26(36)8-4-23)25-19-29-30(42-28-11-15-44(16-12-28)22-35(37,38)39)21-32(45)43-34(29)31(20-25)41-14-18-47-2;1-43-15-12-38-28-17-22(30(20-2-6-23(33)7-3-20)21-4-8-24(34)9-5-21)16-26-27(18-29(42)40-31(26)28)39-25-10-13-41(14-11-25)19-32(35,36)37/h3-10,19-21,28,33,40-41H,11-18,22H2,1-2H3,(H2,42,43,45);2-9,16-18,25,30,38H,10-15,19H2,1H3,(H2,39,40,42). The fourth-order valence-corrected chi connectivity index (χ4v) is 12.2. The molecule has 2 aliphatic rings. The molecular weight excluding hydrogens is 1230 g/mol. The molecule has 2 fully saturated rings. The highest BCUT2D eigenvalue weighted by Gasteiger charge is 2.34. The van der Waals surface area contributed by atoms with Crippen LogP contribution >= 0.6 is 34.8 Å². The summed E-state index contributed by atoms with van der Waals surface area (Å²) in [6, 6.07) is 42.6. The molecular formula is C67H74Cl3F6N9O5. The third kappa shape index (κ3) is 18.8. The summed E-state index contributed by atoms with van der Waals surface area (Å²) in [6.07, 6.45) is -6.34. The van der Waals surface area contributed by atoms with Gasteiger partial charge in [0.15, 0.2) is 0 Å². The highest BCUT2D eigenvalue weighted by atomic mass is 35.5. The molecule has 6 aromatic carbocycles. The van der Waals surface area contributed by atoms with Crippen LogP contribution in [0.2, 0.25) is 15.1 Å². The molecule has 0 radical (unpaired) electrons. The predicted octanol–water partition coefficient (Wildman–Crippen LogP) is 14.4. The van der Waals surface area contributed by atoms with Crippen molar-refractivity contribution < 1.29 is 40.6 Å². The number of likely N-dealkylation sites (tertiary alicyclic amines) is 2. The fraction of sp³-hybridized carbons (Fsp3) is 0.373. The summed E-state index contributed by atoms with van der Waals surface area (Å²) < 4.78 is 93.4. The normalized spacial score (nSPS) is 15.0. The van der Waals surface area contributed by atoms with E-state index < -0.39 is 25.4 Å². The van der Waals surface area contributed by atoms with Gasteiger partial charge in [0.05, 0.1) is 55.3 Å². The van der Waals surface area contributed by atoms with Gasteiger partial charge in [-0.15, -0.1) is 0 Å². The SMILES string of the molecule is COCCNc1cc(C(c2ccc(Cl)cc2)c2ccc(Cl)cc2)cc2c(NC3CCN(CC(F)(F)F)CC3)cc(=O)[nH]c12.COCCNc1ccc(C(c2ccc(Cl)cc2)c2cc(NCCOC)c3[nH]c(=O)cc(NC4CCN(CC(F)(F)F)CC4)c3c2)cc1. The van der Waals surface area contributed by atoms with Gasteiger partial charge in [-0.3, -0.25) is 19.4 Å². The number of hydrogen-bond donors (Lipinski definition) is 7. The summed E-state index contributed by atoms with van der Waals surface area (Å²) in [5, 5.41) is 20.7. The Hall–Kier alpha value is -7.01. The molecule has 4 heterocycles. The molecule has 10 rings (SSSR count). The van der Waals surface area contributed by atoms with E-state index in [1.165, 1.54) is 21.9 Å². The van der Waals surface area contributed by atoms with E-state index in [1.807, 2.05) is 91.0 Å². The summed E-state index contributed by atoms with van der Waals surface area (Å²) in [7, 11) is 4.92. The van der Waals surface area contributed by atoms with Crippen molar-refractivity contribution >= 4 is 85.0 Å². The van der Waals surface area contributed by atoms with Gasteiger partial charge in [0.2, 0.25) is 0 Å². The first-order valence-electron chi connectivity index (χ1n) is 29.8. The molecule has 1 atom stereocenters. The summed E-state index contributed by atoms with van der Waals surface area (Å²) in [5.41, 5.74) is 10.5. The molecule has 7 N–H and O–H groups in total. The maximum Gasteiger partial charge on any atom is 0.401 e. The second-order valence-corrected chi connectivity index (χ2v) is 23.9. The first-order chi connectivity index (χ1) is 43.2. The van der Waals surface area contributed by atoms with E-state index in [9.17, 15) is 35.9 Å². The van der Waals surface area contributed by atoms with Crippen LogP contribution in [-0.4, -0.2) is 144 Å². The Morgan fingerprint density at radius 3 is 1.10 bits per heavy atom. The van der Waals surface area contributed by atoms with E-state index in [2.05, 4.69) is 66.9 Å². The average molecular weight is 1310 g/mol. The number of piperidine rings is 2. The molecule has 0 aliphatic carbocycles. The van der Waals surface area contributed by atoms with Gasteiger partial charge in [-0.1, -0.05) is 83.3 Å². The van der Waals surface area contributed by atoms with Crippen LogP contribution in [0.5, 0.6) is 0 Å². The minimum atomic E-state index is -4.23. The first kappa shape index (κ1) is 67.4. The van der Waals surface area contributed by atoms with E-state index in [4.69, 9.17) is 49.0 Å². The molecule has 0 amide bonds. The minimum absolute atomic E-state index is 0.0774. The van der Waals surface area contributed by atoms with E-state index >= 15 is 0 Å². The number of hydrogen-bond acceptors (Lipinski definition) is 12. The highest BCUT2D eigenvalue weighted by molar-refractivity contribution is 6.31. The zero-order valence-electron chi connectivity index (χ0n) is 50.2. The van der Waals surface area contributed by atoms with E-state index in [1.54, 1.807) is 21.3 Å². The number of anilines is 5. The van der Waals surface area contributed by atoms with Crippen molar-refractivity contribution in [3.8, 4) is 0 Å². The van der Waals surface area contributed by atoms with Crippen LogP contribution in [0.1, 0.15) is 70.9 Å². The molecule has 480 valence electrons. The van der Waals surface area contributed by atoms with Gasteiger partial charge >= 0.3 is 12.4 Å². The van der Waals surface area contributed by atoms with Crippen molar-refractivity contribution in [1.29, 1.82) is 0 Å². The number of pyridine rings is 2. The summed E-state index contributed by atoms with van der Waals surface area (Å²) in [5.74, 6) is -0.370. The van der Waals surface area contributed by atoms with Crippen molar-refractivity contribution in [1.82, 2.24) is 19.8 Å². The lowest BCUT2D eigenvalue weighted by atomic mass is 9.84. The third-order valence-corrected chi connectivity index (χ3v) is 16.8. The van der Waals surface area contributed by atoms with Crippen molar-refractivity contribution in [2.45, 2.75) is 62.0 Å². The Balaban J connectivity index is 0.000000214. The van der Waals surface area contributed by atoms with E-state index in [-0.39, 0.29) is 35.0 Å². The zero-order chi connectivity index (χ0) is 64.0. The number of methoxy groups -OCH3 is 3. The molecule has 8 aromatic rings. The van der Waals surface area contributed by atoms with Crippen molar-refractivity contribution in [2.75, 3.05) is 127 Å². The number of nitrogens with one attached hydrogen (secondary N) is 7. The fourth-order valence-electron chi connectivity index (χ4n) is 11.8. The van der Waals surface area contributed by atoms with Gasteiger partial charge in [0, 0.05) is 146 Å². The van der Waals surface area contributed by atoms with Crippen LogP contribution in [0, 0.1) is 0 Å². The maximum atomic E-state index is 13.0. The Morgan fingerprint density at radius 1 is 0.456 bits per heavy atom. The van der Waals surface area contributed by atoms with Crippen LogP contribution in [0.4, 0.5) is 54.8 Å². The maximum absolute atomic E-state index is 13.0. The largest absolute Gasteiger partial charge is 0.401 e. The van der Waals surface area contributed by atoms with E-state index in [0.29, 0.717) is 129 Å². The van der Waals surface area contributed by atoms with Crippen LogP contribution in [-0.2, 0) is 14.2 Å². The van der Waals surface area contributed by atoms with Crippen LogP contribution in [0.3, 0.4) is 0 Å². The van der Waals surface area contributed by atoms with Gasteiger partial charge in [-0.2, -0.15) is 26.3 Å². The van der Waals surface area contributed by atoms with Crippen molar-refractivity contribution in [3.05, 3.63) is 203 Å². The van der Waals surface area contributed by atoms with Crippen LogP contribution in [0.25, 0.3) is 21.8 Å². The molecule has 0 bridgehead atoms. The minimum Gasteiger partial charge on any atom is -0.383 e. The second kappa shape index (κ2) is 31.3. The lowest BCUT2D eigenvalue weighted by Crippen LogP contribution is -2.43. The number of nitrogens with zero attached hydrogens (tertiary/aromatic N) is 2. The molecule has 14 nitrogen and oxygen atoms in total. The number of ether oxygens (including phenoxy) is 3. The number of alkyl halides is 6. The monoisotopic (exact) mass is 1300 g/mol. The molecule has 2 aliphatic heterocycles. The van der Waals surface area contributed by atoms with E-state index in [0.717, 1.165) is 61.2 Å². The topological polar surface area (TPSA) is 160 Å². The average Bonchev–Trinajstić information content (AvgIpc) is 0.790. The first-order valence-corrected chi connectivity index (χ1v) is 30.9. The molecule has 2 aromatic heterocycles. The number of fused-ring (bicyclic) bond motifs is 2. The Labute approximate surface area is 533 Å². The summed E-state index contributed by atoms with van der Waals surface area (Å²) in [4.78, 5) is 34.7. The lowest BCUT2D eigenvalue weighted by molar-refractivity contribution is -0.148. The van der Waals surface area contributed by atoms with Gasteiger partial charge in [-0.25, -0.2) is 0 Å². The second-order valence-electron chi connectivity index (χ2n) is 22.6. The molecule has 23 heteroatoms. The summed E-state index contributed by atoms with van der Waals surface area (Å²) >= 11 is 18.8. The van der Waals surface area contributed by atoms with Gasteiger partial charge in [-0.05, 0) is 132 Å². The Kier molecular flexibility index (Phi) is 23.5. The quantitative estimate of drug-likeness (QED) is 0.0175. The Morgan fingerprint density at radius 2 is 0.778 bits per heavy atom. The number of benzene rings is 6. The Bertz CT molecular complexity index is 3690. The molecule has 2 saturated heterocycles. The van der Waals surface area contributed by atoms with Crippen LogP contribution in [0.15, 0.2) is 143 Å². The van der Waals surface area contributed by atoms with Crippen molar-refractivity contribution in [3.63, 3.8) is 0 Å². The van der Waals surface area contributed by atoms with Gasteiger partial charge in [0.1, 0.15) is 0 Å². The highest BCUT2D eigenvalue weighted by Crippen LogP contribution is 2.41. The molecule has 90 heavy (non-hydrogen) atoms. The smallest absolute Gasteiger partial charge is 0.383 e. The number of halogens is 9. The molecule has 0 spiro atoms. The molecule has 1 unspecified atom stereocenters. The number of H-pyrrole nitrogens is 2. The van der Waals surface area contributed by atoms with Crippen LogP contribution < -0.4 is 37.7 Å².